The summed E-state index contributed by atoms with van der Waals surface area (Å²) in [6, 6.07) is 3.38. The Balaban J connectivity index is 0.00000256. The van der Waals surface area contributed by atoms with Crippen LogP contribution in [0, 0.1) is 5.92 Å². The second-order valence-corrected chi connectivity index (χ2v) is 4.87. The Labute approximate surface area is 117 Å². The Morgan fingerprint density at radius 3 is 2.53 bits per heavy atom. The molecule has 0 radical (unpaired) electrons. The van der Waals surface area contributed by atoms with Gasteiger partial charge in [0.05, 0.1) is 7.11 Å². The van der Waals surface area contributed by atoms with Crippen molar-refractivity contribution < 1.29 is 9.84 Å². The summed E-state index contributed by atoms with van der Waals surface area (Å²) in [5.74, 6) is 0.895. The third-order valence-electron chi connectivity index (χ3n) is 2.91. The molecule has 0 aliphatic rings. The Kier molecular flexibility index (Phi) is 6.90. The molecule has 1 rings (SSSR count). The molecule has 0 aliphatic carbocycles. The number of phenolic OH excluding ortho intramolecular Hbond substituents is 1. The highest BCUT2D eigenvalue weighted by molar-refractivity contribution is 9.10. The van der Waals surface area contributed by atoms with E-state index in [1.807, 2.05) is 6.07 Å². The van der Waals surface area contributed by atoms with Crippen molar-refractivity contribution in [3.05, 3.63) is 22.2 Å². The fourth-order valence-electron chi connectivity index (χ4n) is 1.56. The largest absolute Gasteiger partial charge is 0.504 e. The Morgan fingerprint density at radius 2 is 2.06 bits per heavy atom. The molecule has 0 amide bonds. The maximum atomic E-state index is 10.0. The summed E-state index contributed by atoms with van der Waals surface area (Å²) in [4.78, 5) is 0. The zero-order valence-electron chi connectivity index (χ0n) is 10.2. The topological polar surface area (TPSA) is 55.5 Å². The van der Waals surface area contributed by atoms with Crippen molar-refractivity contribution in [3.8, 4) is 11.5 Å². The van der Waals surface area contributed by atoms with Crippen molar-refractivity contribution in [2.45, 2.75) is 26.3 Å². The van der Waals surface area contributed by atoms with E-state index in [0.29, 0.717) is 11.7 Å². The fourth-order valence-corrected chi connectivity index (χ4v) is 2.02. The molecule has 17 heavy (non-hydrogen) atoms. The lowest BCUT2D eigenvalue weighted by Gasteiger charge is -2.21. The zero-order valence-corrected chi connectivity index (χ0v) is 12.6. The van der Waals surface area contributed by atoms with E-state index in [0.717, 1.165) is 16.5 Å². The van der Waals surface area contributed by atoms with Gasteiger partial charge in [0.25, 0.3) is 0 Å². The lowest BCUT2D eigenvalue weighted by Crippen LogP contribution is -2.18. The molecule has 0 aliphatic heterocycles. The van der Waals surface area contributed by atoms with Crippen molar-refractivity contribution in [2.75, 3.05) is 7.11 Å². The van der Waals surface area contributed by atoms with Gasteiger partial charge in [-0.05, 0) is 18.1 Å². The van der Waals surface area contributed by atoms with E-state index < -0.39 is 0 Å². The Morgan fingerprint density at radius 1 is 1.47 bits per heavy atom. The normalized spacial score (nSPS) is 13.7. The lowest BCUT2D eigenvalue weighted by molar-refractivity contribution is 0.360. The van der Waals surface area contributed by atoms with Crippen molar-refractivity contribution in [3.63, 3.8) is 0 Å². The van der Waals surface area contributed by atoms with Gasteiger partial charge < -0.3 is 15.6 Å². The van der Waals surface area contributed by atoms with Gasteiger partial charge in [-0.1, -0.05) is 36.2 Å². The van der Waals surface area contributed by atoms with Crippen LogP contribution in [0.1, 0.15) is 31.9 Å². The van der Waals surface area contributed by atoms with Crippen LogP contribution >= 0.6 is 28.3 Å². The van der Waals surface area contributed by atoms with Gasteiger partial charge in [-0.3, -0.25) is 0 Å². The molecule has 2 atom stereocenters. The molecule has 98 valence electrons. The number of nitrogens with two attached hydrogens (primary N) is 1. The van der Waals surface area contributed by atoms with Gasteiger partial charge in [0.1, 0.15) is 0 Å². The first kappa shape index (κ1) is 16.6. The third-order valence-corrected chi connectivity index (χ3v) is 3.36. The number of methoxy groups -OCH3 is 1. The molecule has 0 saturated heterocycles. The van der Waals surface area contributed by atoms with Gasteiger partial charge in [-0.2, -0.15) is 0 Å². The lowest BCUT2D eigenvalue weighted by atomic mass is 9.92. The molecule has 0 aromatic heterocycles. The van der Waals surface area contributed by atoms with E-state index in [1.165, 1.54) is 7.11 Å². The molecular weight excluding hydrogens is 305 g/mol. The number of hydrogen-bond acceptors (Lipinski definition) is 3. The van der Waals surface area contributed by atoms with Crippen LogP contribution in [-0.2, 0) is 0 Å². The minimum atomic E-state index is -0.184. The fraction of sp³-hybridized carbons (Fsp3) is 0.500. The highest BCUT2D eigenvalue weighted by atomic mass is 79.9. The van der Waals surface area contributed by atoms with Crippen LogP contribution in [0.3, 0.4) is 0 Å². The smallest absolute Gasteiger partial charge is 0.162 e. The molecule has 5 heteroatoms. The number of aromatic hydroxyl groups is 1. The van der Waals surface area contributed by atoms with Gasteiger partial charge in [0, 0.05) is 16.1 Å². The molecule has 0 heterocycles. The number of rotatable bonds is 4. The van der Waals surface area contributed by atoms with Gasteiger partial charge in [-0.15, -0.1) is 12.4 Å². The first-order valence-electron chi connectivity index (χ1n) is 5.33. The summed E-state index contributed by atoms with van der Waals surface area (Å²) in [6.07, 6.45) is 0.968. The summed E-state index contributed by atoms with van der Waals surface area (Å²) < 4.78 is 5.95. The van der Waals surface area contributed by atoms with Crippen LogP contribution in [0.4, 0.5) is 0 Å². The summed E-state index contributed by atoms with van der Waals surface area (Å²) in [7, 11) is 1.53. The van der Waals surface area contributed by atoms with Crippen molar-refractivity contribution in [1.82, 2.24) is 0 Å². The minimum Gasteiger partial charge on any atom is -0.504 e. The van der Waals surface area contributed by atoms with Gasteiger partial charge in [0.2, 0.25) is 0 Å². The third kappa shape index (κ3) is 3.76. The first-order valence-corrected chi connectivity index (χ1v) is 6.12. The predicted molar refractivity (Wildman–Crippen MR) is 76.0 cm³/mol. The van der Waals surface area contributed by atoms with Crippen LogP contribution in [0.25, 0.3) is 0 Å². The molecule has 3 nitrogen and oxygen atoms in total. The van der Waals surface area contributed by atoms with E-state index in [9.17, 15) is 5.11 Å². The molecule has 0 spiro atoms. The van der Waals surface area contributed by atoms with Crippen LogP contribution in [-0.4, -0.2) is 12.2 Å². The molecule has 3 N–H and O–H groups in total. The van der Waals surface area contributed by atoms with Crippen molar-refractivity contribution in [2.24, 2.45) is 11.7 Å². The average molecular weight is 325 g/mol. The van der Waals surface area contributed by atoms with Gasteiger partial charge >= 0.3 is 0 Å². The number of phenols is 1. The maximum absolute atomic E-state index is 10.0. The molecule has 1 aromatic carbocycles. The standard InChI is InChI=1S/C12H18BrNO2.ClH/c1-4-7(2)11(14)9-5-8(13)6-10(16-3)12(9)15;/h5-7,11,15H,4,14H2,1-3H3;1H/t7?,11-;/m0./s1. The number of benzene rings is 1. The van der Waals surface area contributed by atoms with Crippen molar-refractivity contribution in [1.29, 1.82) is 0 Å². The van der Waals surface area contributed by atoms with Crippen molar-refractivity contribution >= 4 is 28.3 Å². The summed E-state index contributed by atoms with van der Waals surface area (Å²) in [5.41, 5.74) is 6.83. The maximum Gasteiger partial charge on any atom is 0.162 e. The Bertz CT molecular complexity index is 374. The number of halogens is 2. The highest BCUT2D eigenvalue weighted by Crippen LogP contribution is 2.38. The van der Waals surface area contributed by atoms with E-state index in [2.05, 4.69) is 29.8 Å². The first-order chi connectivity index (χ1) is 7.51. The minimum absolute atomic E-state index is 0. The van der Waals surface area contributed by atoms with Crippen LogP contribution in [0.15, 0.2) is 16.6 Å². The van der Waals surface area contributed by atoms with E-state index in [-0.39, 0.29) is 24.2 Å². The average Bonchev–Trinajstić information content (AvgIpc) is 2.29. The predicted octanol–water partition coefficient (Wildman–Crippen LogP) is 3.63. The molecule has 0 saturated carbocycles. The van der Waals surface area contributed by atoms with Crippen LogP contribution in [0.2, 0.25) is 0 Å². The SMILES string of the molecule is CCC(C)[C@H](N)c1cc(Br)cc(OC)c1O.Cl. The van der Waals surface area contributed by atoms with Gasteiger partial charge in [-0.25, -0.2) is 0 Å². The van der Waals surface area contributed by atoms with Crippen LogP contribution in [0.5, 0.6) is 11.5 Å². The second kappa shape index (κ2) is 7.09. The van der Waals surface area contributed by atoms with E-state index in [1.54, 1.807) is 6.07 Å². The molecule has 1 unspecified atom stereocenters. The zero-order chi connectivity index (χ0) is 12.3. The summed E-state index contributed by atoms with van der Waals surface area (Å²) >= 11 is 3.38. The second-order valence-electron chi connectivity index (χ2n) is 3.96. The number of hydrogen-bond donors (Lipinski definition) is 2. The highest BCUT2D eigenvalue weighted by Gasteiger charge is 2.19. The molecule has 0 bridgehead atoms. The molecule has 0 fully saturated rings. The quantitative estimate of drug-likeness (QED) is 0.889. The monoisotopic (exact) mass is 323 g/mol. The van der Waals surface area contributed by atoms with Gasteiger partial charge in [0.15, 0.2) is 11.5 Å². The molecular formula is C12H19BrClNO2. The van der Waals surface area contributed by atoms with E-state index in [4.69, 9.17) is 10.5 Å². The number of ether oxygens (including phenoxy) is 1. The Hall–Kier alpha value is -0.450. The van der Waals surface area contributed by atoms with Crippen LogP contribution < -0.4 is 10.5 Å². The van der Waals surface area contributed by atoms with E-state index >= 15 is 0 Å². The summed E-state index contributed by atoms with van der Waals surface area (Å²) in [5, 5.41) is 10.0. The summed E-state index contributed by atoms with van der Waals surface area (Å²) in [6.45, 7) is 4.15. The molecule has 1 aromatic rings.